The van der Waals surface area contributed by atoms with E-state index < -0.39 is 0 Å². The van der Waals surface area contributed by atoms with E-state index in [4.69, 9.17) is 9.47 Å². The van der Waals surface area contributed by atoms with Gasteiger partial charge in [0.25, 0.3) is 0 Å². The van der Waals surface area contributed by atoms with Gasteiger partial charge in [-0.15, -0.1) is 10.2 Å². The van der Waals surface area contributed by atoms with Crippen molar-refractivity contribution in [1.29, 1.82) is 0 Å². The molecule has 0 saturated carbocycles. The SMILES string of the molecule is COCCCn1cnnc1[C@H](C)NC(=O)N1CCOc2ccccc2C1. The Morgan fingerprint density at radius 1 is 1.42 bits per heavy atom. The number of carbonyl (C=O) groups is 1. The molecule has 140 valence electrons. The molecule has 1 aliphatic rings. The molecule has 2 aromatic rings. The summed E-state index contributed by atoms with van der Waals surface area (Å²) in [6.07, 6.45) is 2.55. The number of nitrogens with zero attached hydrogens (tertiary/aromatic N) is 4. The predicted molar refractivity (Wildman–Crippen MR) is 95.8 cm³/mol. The minimum atomic E-state index is -0.244. The first-order valence-corrected chi connectivity index (χ1v) is 8.82. The number of fused-ring (bicyclic) bond motifs is 1. The topological polar surface area (TPSA) is 81.5 Å². The van der Waals surface area contributed by atoms with Crippen molar-refractivity contribution in [2.45, 2.75) is 32.5 Å². The molecule has 1 aliphatic heterocycles. The second kappa shape index (κ2) is 8.66. The first-order chi connectivity index (χ1) is 12.7. The lowest BCUT2D eigenvalue weighted by Gasteiger charge is -2.23. The van der Waals surface area contributed by atoms with Crippen LogP contribution in [0.15, 0.2) is 30.6 Å². The monoisotopic (exact) mass is 359 g/mol. The summed E-state index contributed by atoms with van der Waals surface area (Å²) in [6.45, 7) is 4.87. The smallest absolute Gasteiger partial charge is 0.318 e. The largest absolute Gasteiger partial charge is 0.491 e. The standard InChI is InChI=1S/C18H25N5O3/c1-14(17-21-19-13-23(17)8-5-10-25-2)20-18(24)22-9-11-26-16-7-4-3-6-15(16)12-22/h3-4,6-7,13-14H,5,8-12H2,1-2H3,(H,20,24)/t14-/m0/s1. The van der Waals surface area contributed by atoms with Crippen LogP contribution < -0.4 is 10.1 Å². The number of nitrogens with one attached hydrogen (secondary N) is 1. The van der Waals surface area contributed by atoms with Gasteiger partial charge in [0.2, 0.25) is 0 Å². The summed E-state index contributed by atoms with van der Waals surface area (Å²) >= 11 is 0. The lowest BCUT2D eigenvalue weighted by Crippen LogP contribution is -2.42. The van der Waals surface area contributed by atoms with E-state index >= 15 is 0 Å². The van der Waals surface area contributed by atoms with Crippen LogP contribution in [0, 0.1) is 0 Å². The molecular formula is C18H25N5O3. The van der Waals surface area contributed by atoms with Crippen LogP contribution >= 0.6 is 0 Å². The van der Waals surface area contributed by atoms with Gasteiger partial charge in [-0.1, -0.05) is 18.2 Å². The average molecular weight is 359 g/mol. The van der Waals surface area contributed by atoms with Crippen molar-refractivity contribution in [3.63, 3.8) is 0 Å². The maximum atomic E-state index is 12.7. The molecule has 8 nitrogen and oxygen atoms in total. The summed E-state index contributed by atoms with van der Waals surface area (Å²) in [7, 11) is 1.68. The minimum absolute atomic E-state index is 0.135. The average Bonchev–Trinajstić information content (AvgIpc) is 3.00. The molecule has 1 N–H and O–H groups in total. The third-order valence-corrected chi connectivity index (χ3v) is 4.36. The Labute approximate surface area is 153 Å². The molecule has 26 heavy (non-hydrogen) atoms. The van der Waals surface area contributed by atoms with Crippen LogP contribution in [0.4, 0.5) is 4.79 Å². The molecule has 1 aromatic heterocycles. The number of rotatable bonds is 6. The molecule has 8 heteroatoms. The van der Waals surface area contributed by atoms with Crippen LogP contribution in [0.2, 0.25) is 0 Å². The molecule has 1 atom stereocenters. The van der Waals surface area contributed by atoms with Crippen LogP contribution in [-0.2, 0) is 17.8 Å². The summed E-state index contributed by atoms with van der Waals surface area (Å²) in [5, 5.41) is 11.2. The Bertz CT molecular complexity index is 733. The van der Waals surface area contributed by atoms with Gasteiger partial charge >= 0.3 is 6.03 Å². The number of hydrogen-bond donors (Lipinski definition) is 1. The van der Waals surface area contributed by atoms with Gasteiger partial charge in [0.15, 0.2) is 5.82 Å². The molecule has 0 bridgehead atoms. The van der Waals surface area contributed by atoms with Gasteiger partial charge < -0.3 is 24.3 Å². The quantitative estimate of drug-likeness (QED) is 0.798. The van der Waals surface area contributed by atoms with Gasteiger partial charge in [0, 0.05) is 25.8 Å². The zero-order chi connectivity index (χ0) is 18.4. The summed E-state index contributed by atoms with van der Waals surface area (Å²) in [5.74, 6) is 1.58. The Morgan fingerprint density at radius 3 is 3.12 bits per heavy atom. The Kier molecular flexibility index (Phi) is 6.06. The van der Waals surface area contributed by atoms with Crippen LogP contribution in [0.3, 0.4) is 0 Å². The Balaban J connectivity index is 1.62. The molecule has 0 unspecified atom stereocenters. The van der Waals surface area contributed by atoms with Gasteiger partial charge in [-0.05, 0) is 19.4 Å². The molecule has 0 aliphatic carbocycles. The molecule has 0 spiro atoms. The molecule has 2 heterocycles. The number of aromatic nitrogens is 3. The number of methoxy groups -OCH3 is 1. The lowest BCUT2D eigenvalue weighted by molar-refractivity contribution is 0.183. The first kappa shape index (κ1) is 18.2. The summed E-state index contributed by atoms with van der Waals surface area (Å²) in [5.41, 5.74) is 1.01. The van der Waals surface area contributed by atoms with Crippen LogP contribution in [0.25, 0.3) is 0 Å². The lowest BCUT2D eigenvalue weighted by atomic mass is 10.2. The summed E-state index contributed by atoms with van der Waals surface area (Å²) in [4.78, 5) is 14.5. The van der Waals surface area contributed by atoms with E-state index in [9.17, 15) is 4.79 Å². The molecule has 3 rings (SSSR count). The molecule has 0 fully saturated rings. The van der Waals surface area contributed by atoms with Crippen molar-refractivity contribution in [3.05, 3.63) is 42.0 Å². The molecule has 2 amide bonds. The van der Waals surface area contributed by atoms with Crippen LogP contribution in [0.1, 0.15) is 30.8 Å². The van der Waals surface area contributed by atoms with E-state index in [1.165, 1.54) is 0 Å². The van der Waals surface area contributed by atoms with Gasteiger partial charge in [-0.3, -0.25) is 0 Å². The maximum Gasteiger partial charge on any atom is 0.318 e. The fourth-order valence-electron chi connectivity index (χ4n) is 2.99. The number of urea groups is 1. The van der Waals surface area contributed by atoms with Gasteiger partial charge in [0.1, 0.15) is 18.7 Å². The third kappa shape index (κ3) is 4.32. The van der Waals surface area contributed by atoms with Crippen molar-refractivity contribution in [1.82, 2.24) is 25.0 Å². The number of amides is 2. The Hall–Kier alpha value is -2.61. The van der Waals surface area contributed by atoms with Crippen molar-refractivity contribution >= 4 is 6.03 Å². The number of benzene rings is 1. The predicted octanol–water partition coefficient (Wildman–Crippen LogP) is 1.98. The fourth-order valence-corrected chi connectivity index (χ4v) is 2.99. The van der Waals surface area contributed by atoms with Gasteiger partial charge in [-0.2, -0.15) is 0 Å². The van der Waals surface area contributed by atoms with E-state index in [0.29, 0.717) is 26.3 Å². The second-order valence-electron chi connectivity index (χ2n) is 6.28. The summed E-state index contributed by atoms with van der Waals surface area (Å²) < 4.78 is 12.8. The molecular weight excluding hydrogens is 334 g/mol. The second-order valence-corrected chi connectivity index (χ2v) is 6.28. The molecule has 0 radical (unpaired) electrons. The minimum Gasteiger partial charge on any atom is -0.491 e. The zero-order valence-corrected chi connectivity index (χ0v) is 15.2. The van der Waals surface area contributed by atoms with E-state index in [1.54, 1.807) is 18.3 Å². The Morgan fingerprint density at radius 2 is 2.27 bits per heavy atom. The number of para-hydroxylation sites is 1. The fraction of sp³-hybridized carbons (Fsp3) is 0.500. The highest BCUT2D eigenvalue weighted by atomic mass is 16.5. The number of hydrogen-bond acceptors (Lipinski definition) is 5. The van der Waals surface area contributed by atoms with Crippen LogP contribution in [0.5, 0.6) is 5.75 Å². The normalized spacial score (nSPS) is 14.9. The van der Waals surface area contributed by atoms with E-state index in [1.807, 2.05) is 35.8 Å². The third-order valence-electron chi connectivity index (χ3n) is 4.36. The maximum absolute atomic E-state index is 12.7. The van der Waals surface area contributed by atoms with Gasteiger partial charge in [-0.25, -0.2) is 4.79 Å². The summed E-state index contributed by atoms with van der Waals surface area (Å²) in [6, 6.07) is 7.43. The zero-order valence-electron chi connectivity index (χ0n) is 15.2. The van der Waals surface area contributed by atoms with E-state index in [-0.39, 0.29) is 12.1 Å². The number of ether oxygens (including phenoxy) is 2. The molecule has 1 aromatic carbocycles. The highest BCUT2D eigenvalue weighted by Gasteiger charge is 2.22. The molecule has 0 saturated heterocycles. The van der Waals surface area contributed by atoms with Crippen LogP contribution in [-0.4, -0.2) is 52.6 Å². The van der Waals surface area contributed by atoms with Crippen molar-refractivity contribution in [2.24, 2.45) is 0 Å². The van der Waals surface area contributed by atoms with E-state index in [0.717, 1.165) is 30.1 Å². The first-order valence-electron chi connectivity index (χ1n) is 8.82. The number of carbonyl (C=O) groups excluding carboxylic acids is 1. The van der Waals surface area contributed by atoms with Crippen molar-refractivity contribution in [3.8, 4) is 5.75 Å². The van der Waals surface area contributed by atoms with Gasteiger partial charge in [0.05, 0.1) is 19.1 Å². The number of aryl methyl sites for hydroxylation is 1. The van der Waals surface area contributed by atoms with E-state index in [2.05, 4.69) is 15.5 Å². The highest BCUT2D eigenvalue weighted by Crippen LogP contribution is 2.22. The van der Waals surface area contributed by atoms with Crippen molar-refractivity contribution in [2.75, 3.05) is 26.9 Å². The highest BCUT2D eigenvalue weighted by molar-refractivity contribution is 5.74. The van der Waals surface area contributed by atoms with Crippen molar-refractivity contribution < 1.29 is 14.3 Å².